The number of rotatable bonds is 8. The first-order chi connectivity index (χ1) is 15.8. The predicted octanol–water partition coefficient (Wildman–Crippen LogP) is 3.66. The monoisotopic (exact) mass is 491 g/mol. The second kappa shape index (κ2) is 9.92. The number of thioether (sulfide) groups is 1. The third kappa shape index (κ3) is 5.72. The molecule has 1 amide bonds. The van der Waals surface area contributed by atoms with Crippen molar-refractivity contribution in [1.29, 1.82) is 0 Å². The molecule has 3 aromatic rings. The number of anilines is 1. The Kier molecular flexibility index (Phi) is 6.99. The van der Waals surface area contributed by atoms with Crippen molar-refractivity contribution in [2.24, 2.45) is 0 Å². The molecule has 0 radical (unpaired) electrons. The van der Waals surface area contributed by atoms with E-state index in [9.17, 15) is 17.6 Å². The first kappa shape index (κ1) is 23.2. The molecule has 174 valence electrons. The van der Waals surface area contributed by atoms with Gasteiger partial charge in [0.15, 0.2) is 27.5 Å². The van der Waals surface area contributed by atoms with E-state index in [-0.39, 0.29) is 40.0 Å². The van der Waals surface area contributed by atoms with Crippen LogP contribution in [0, 0.1) is 5.82 Å². The predicted molar refractivity (Wildman–Crippen MR) is 121 cm³/mol. The number of hydrogen-bond acceptors (Lipinski definition) is 8. The summed E-state index contributed by atoms with van der Waals surface area (Å²) in [5.74, 6) is -0.562. The summed E-state index contributed by atoms with van der Waals surface area (Å²) in [7, 11) is -3.17. The molecule has 0 spiro atoms. The maximum Gasteiger partial charge on any atom is 0.277 e. The summed E-state index contributed by atoms with van der Waals surface area (Å²) in [4.78, 5) is 14.6. The lowest BCUT2D eigenvalue weighted by Crippen LogP contribution is -2.42. The number of halogens is 1. The molecule has 33 heavy (non-hydrogen) atoms. The van der Waals surface area contributed by atoms with Gasteiger partial charge in [0.05, 0.1) is 23.3 Å². The lowest BCUT2D eigenvalue weighted by molar-refractivity contribution is -0.116. The maximum absolute atomic E-state index is 13.8. The number of ether oxygens (including phenoxy) is 1. The van der Waals surface area contributed by atoms with Crippen LogP contribution in [0.2, 0.25) is 0 Å². The standard InChI is InChI=1S/C22H22FN3O5S2/c1-15(30-19-10-6-5-9-18(19)23)21-24-25-22(31-21)32-13-20(27)26(16-7-3-2-4-8-16)17-11-12-33(28,29)14-17/h2-10,15,17H,11-14H2,1H3/t15-,17+/m0/s1. The van der Waals surface area contributed by atoms with Crippen molar-refractivity contribution in [3.05, 3.63) is 66.3 Å². The molecule has 1 fully saturated rings. The molecule has 0 unspecified atom stereocenters. The Morgan fingerprint density at radius 2 is 1.94 bits per heavy atom. The highest BCUT2D eigenvalue weighted by Crippen LogP contribution is 2.28. The van der Waals surface area contributed by atoms with Gasteiger partial charge in [0.2, 0.25) is 5.91 Å². The molecule has 0 bridgehead atoms. The van der Waals surface area contributed by atoms with Crippen molar-refractivity contribution in [1.82, 2.24) is 10.2 Å². The molecule has 0 N–H and O–H groups in total. The van der Waals surface area contributed by atoms with E-state index >= 15 is 0 Å². The van der Waals surface area contributed by atoms with Crippen molar-refractivity contribution in [2.45, 2.75) is 30.7 Å². The van der Waals surface area contributed by atoms with Crippen LogP contribution in [0.25, 0.3) is 0 Å². The molecule has 11 heteroatoms. The van der Waals surface area contributed by atoms with Gasteiger partial charge in [-0.15, -0.1) is 10.2 Å². The molecule has 1 aliphatic heterocycles. The molecule has 1 aromatic heterocycles. The average molecular weight is 492 g/mol. The smallest absolute Gasteiger partial charge is 0.277 e. The zero-order valence-corrected chi connectivity index (χ0v) is 19.4. The summed E-state index contributed by atoms with van der Waals surface area (Å²) < 4.78 is 48.9. The van der Waals surface area contributed by atoms with E-state index in [1.165, 1.54) is 12.1 Å². The summed E-state index contributed by atoms with van der Waals surface area (Å²) in [6, 6.07) is 14.6. The summed E-state index contributed by atoms with van der Waals surface area (Å²) in [5.41, 5.74) is 0.642. The lowest BCUT2D eigenvalue weighted by Gasteiger charge is -2.28. The van der Waals surface area contributed by atoms with Crippen LogP contribution >= 0.6 is 11.8 Å². The summed E-state index contributed by atoms with van der Waals surface area (Å²) in [6.45, 7) is 1.65. The molecular weight excluding hydrogens is 469 g/mol. The number of sulfone groups is 1. The topological polar surface area (TPSA) is 103 Å². The van der Waals surface area contributed by atoms with Crippen molar-refractivity contribution < 1.29 is 26.8 Å². The normalized spacial score (nSPS) is 18.1. The largest absolute Gasteiger partial charge is 0.478 e. The minimum Gasteiger partial charge on any atom is -0.478 e. The highest BCUT2D eigenvalue weighted by molar-refractivity contribution is 7.99. The van der Waals surface area contributed by atoms with Gasteiger partial charge in [0, 0.05) is 5.69 Å². The number of amides is 1. The number of carbonyl (C=O) groups is 1. The van der Waals surface area contributed by atoms with Gasteiger partial charge >= 0.3 is 0 Å². The first-order valence-corrected chi connectivity index (χ1v) is 13.1. The van der Waals surface area contributed by atoms with Crippen LogP contribution in [0.3, 0.4) is 0 Å². The van der Waals surface area contributed by atoms with Crippen LogP contribution in [0.5, 0.6) is 5.75 Å². The van der Waals surface area contributed by atoms with E-state index in [1.807, 2.05) is 6.07 Å². The van der Waals surface area contributed by atoms with Gasteiger partial charge in [-0.1, -0.05) is 42.1 Å². The molecule has 2 atom stereocenters. The fourth-order valence-electron chi connectivity index (χ4n) is 3.54. The minimum absolute atomic E-state index is 0.0182. The van der Waals surface area contributed by atoms with Gasteiger partial charge in [-0.25, -0.2) is 12.8 Å². The minimum atomic E-state index is -3.17. The molecule has 1 aliphatic rings. The van der Waals surface area contributed by atoms with Crippen LogP contribution < -0.4 is 9.64 Å². The second-order valence-electron chi connectivity index (χ2n) is 7.54. The molecule has 0 saturated carbocycles. The van der Waals surface area contributed by atoms with Gasteiger partial charge in [-0.05, 0) is 37.6 Å². The van der Waals surface area contributed by atoms with Crippen molar-refractivity contribution in [3.63, 3.8) is 0 Å². The number of nitrogens with zero attached hydrogens (tertiary/aromatic N) is 3. The fraction of sp³-hybridized carbons (Fsp3) is 0.318. The van der Waals surface area contributed by atoms with Gasteiger partial charge in [0.1, 0.15) is 0 Å². The Morgan fingerprint density at radius 1 is 1.21 bits per heavy atom. The average Bonchev–Trinajstić information content (AvgIpc) is 3.41. The Balaban J connectivity index is 1.42. The van der Waals surface area contributed by atoms with Crippen LogP contribution in [-0.2, 0) is 14.6 Å². The van der Waals surface area contributed by atoms with E-state index in [0.717, 1.165) is 11.8 Å². The van der Waals surface area contributed by atoms with E-state index in [1.54, 1.807) is 48.2 Å². The molecule has 2 heterocycles. The van der Waals surface area contributed by atoms with Crippen molar-refractivity contribution in [3.8, 4) is 5.75 Å². The second-order valence-corrected chi connectivity index (χ2v) is 10.7. The molecular formula is C22H22FN3O5S2. The lowest BCUT2D eigenvalue weighted by atomic mass is 10.2. The first-order valence-electron chi connectivity index (χ1n) is 10.3. The molecule has 1 saturated heterocycles. The fourth-order valence-corrected chi connectivity index (χ4v) is 5.87. The number of benzene rings is 2. The molecule has 8 nitrogen and oxygen atoms in total. The van der Waals surface area contributed by atoms with Gasteiger partial charge < -0.3 is 14.1 Å². The van der Waals surface area contributed by atoms with Crippen molar-refractivity contribution in [2.75, 3.05) is 22.2 Å². The third-order valence-corrected chi connectivity index (χ3v) is 7.66. The Morgan fingerprint density at radius 3 is 2.64 bits per heavy atom. The molecule has 0 aliphatic carbocycles. The molecule has 2 aromatic carbocycles. The van der Waals surface area contributed by atoms with Crippen molar-refractivity contribution >= 4 is 33.2 Å². The Hall–Kier alpha value is -2.92. The number of aromatic nitrogens is 2. The van der Waals surface area contributed by atoms with Gasteiger partial charge in [0.25, 0.3) is 11.1 Å². The number of hydrogen-bond donors (Lipinski definition) is 0. The van der Waals surface area contributed by atoms with Crippen LogP contribution in [0.1, 0.15) is 25.3 Å². The number of para-hydroxylation sites is 2. The Labute approximate surface area is 195 Å². The van der Waals surface area contributed by atoms with E-state index < -0.39 is 27.8 Å². The van der Waals surface area contributed by atoms with Crippen LogP contribution in [-0.4, -0.2) is 47.8 Å². The highest BCUT2D eigenvalue weighted by Gasteiger charge is 2.35. The quantitative estimate of drug-likeness (QED) is 0.440. The van der Waals surface area contributed by atoms with E-state index in [4.69, 9.17) is 9.15 Å². The third-order valence-electron chi connectivity index (χ3n) is 5.11. The Bertz CT molecular complexity index is 1220. The zero-order chi connectivity index (χ0) is 23.4. The SMILES string of the molecule is C[C@H](Oc1ccccc1F)c1nnc(SCC(=O)N(c2ccccc2)[C@@H]2CCS(=O)(=O)C2)o1. The summed E-state index contributed by atoms with van der Waals surface area (Å²) >= 11 is 1.05. The van der Waals surface area contributed by atoms with Gasteiger partial charge in [-0.3, -0.25) is 4.79 Å². The van der Waals surface area contributed by atoms with E-state index in [0.29, 0.717) is 12.1 Å². The highest BCUT2D eigenvalue weighted by atomic mass is 32.2. The summed E-state index contributed by atoms with van der Waals surface area (Å²) in [5, 5.41) is 8.02. The molecule has 4 rings (SSSR count). The maximum atomic E-state index is 13.8. The summed E-state index contributed by atoms with van der Waals surface area (Å²) in [6.07, 6.45) is -0.299. The van der Waals surface area contributed by atoms with E-state index in [2.05, 4.69) is 10.2 Å². The zero-order valence-electron chi connectivity index (χ0n) is 17.8. The van der Waals surface area contributed by atoms with Gasteiger partial charge in [-0.2, -0.15) is 0 Å². The van der Waals surface area contributed by atoms with Crippen LogP contribution in [0.4, 0.5) is 10.1 Å². The van der Waals surface area contributed by atoms with Crippen LogP contribution in [0.15, 0.2) is 64.2 Å². The number of carbonyl (C=O) groups excluding carboxylic acids is 1.